The fourth-order valence-electron chi connectivity index (χ4n) is 1.35. The van der Waals surface area contributed by atoms with E-state index in [0.717, 1.165) is 11.4 Å². The molecule has 0 aliphatic heterocycles. The molecule has 0 saturated heterocycles. The van der Waals surface area contributed by atoms with Crippen LogP contribution in [0.4, 0.5) is 0 Å². The van der Waals surface area contributed by atoms with Crippen LogP contribution in [0, 0.1) is 0 Å². The van der Waals surface area contributed by atoms with E-state index in [1.807, 2.05) is 37.3 Å². The van der Waals surface area contributed by atoms with Crippen LogP contribution in [-0.4, -0.2) is 19.9 Å². The van der Waals surface area contributed by atoms with E-state index in [0.29, 0.717) is 10.8 Å². The molecule has 4 heteroatoms. The molecule has 0 aliphatic carbocycles. The second kappa shape index (κ2) is 4.99. The van der Waals surface area contributed by atoms with Crippen LogP contribution in [0.3, 0.4) is 0 Å². The molecule has 0 saturated carbocycles. The van der Waals surface area contributed by atoms with Gasteiger partial charge in [-0.3, -0.25) is 9.19 Å². The highest BCUT2D eigenvalue weighted by molar-refractivity contribution is 7.84. The molecular formula is C12H12N2OS. The molecule has 2 heterocycles. The Labute approximate surface area is 97.0 Å². The Morgan fingerprint density at radius 3 is 2.62 bits per heavy atom. The van der Waals surface area contributed by atoms with Gasteiger partial charge in [0.1, 0.15) is 5.03 Å². The van der Waals surface area contributed by atoms with Crippen LogP contribution in [0.25, 0.3) is 11.4 Å². The number of nitrogens with zero attached hydrogens (tertiary/aromatic N) is 2. The van der Waals surface area contributed by atoms with Gasteiger partial charge in [-0.2, -0.15) is 0 Å². The van der Waals surface area contributed by atoms with E-state index in [-0.39, 0.29) is 0 Å². The molecule has 0 spiro atoms. The Kier molecular flexibility index (Phi) is 3.41. The highest BCUT2D eigenvalue weighted by atomic mass is 32.2. The molecule has 2 rings (SSSR count). The first-order valence-corrected chi connectivity index (χ1v) is 6.40. The Balaban J connectivity index is 2.40. The van der Waals surface area contributed by atoms with Crippen molar-refractivity contribution in [3.05, 3.63) is 42.6 Å². The zero-order valence-electron chi connectivity index (χ0n) is 8.96. The van der Waals surface area contributed by atoms with Gasteiger partial charge in [0.15, 0.2) is 0 Å². The largest absolute Gasteiger partial charge is 0.255 e. The maximum Gasteiger partial charge on any atom is 0.128 e. The van der Waals surface area contributed by atoms with Crippen LogP contribution in [0.1, 0.15) is 6.92 Å². The first-order chi connectivity index (χ1) is 7.81. The third-order valence-corrected chi connectivity index (χ3v) is 3.36. The van der Waals surface area contributed by atoms with E-state index >= 15 is 0 Å². The summed E-state index contributed by atoms with van der Waals surface area (Å²) in [6.45, 7) is 1.88. The summed E-state index contributed by atoms with van der Waals surface area (Å²) >= 11 is 0. The van der Waals surface area contributed by atoms with Crippen LogP contribution in [-0.2, 0) is 10.8 Å². The van der Waals surface area contributed by atoms with Crippen LogP contribution >= 0.6 is 0 Å². The minimum absolute atomic E-state index is 0.582. The van der Waals surface area contributed by atoms with E-state index < -0.39 is 10.8 Å². The normalized spacial score (nSPS) is 12.3. The quantitative estimate of drug-likeness (QED) is 0.815. The topological polar surface area (TPSA) is 42.9 Å². The fraction of sp³-hybridized carbons (Fsp3) is 0.167. The molecule has 0 N–H and O–H groups in total. The summed E-state index contributed by atoms with van der Waals surface area (Å²) < 4.78 is 11.6. The molecule has 2 aromatic rings. The number of pyridine rings is 2. The van der Waals surface area contributed by atoms with Crippen LogP contribution in [0.5, 0.6) is 0 Å². The first kappa shape index (κ1) is 11.0. The van der Waals surface area contributed by atoms with Crippen molar-refractivity contribution in [1.82, 2.24) is 9.97 Å². The summed E-state index contributed by atoms with van der Waals surface area (Å²) in [5.41, 5.74) is 1.57. The van der Waals surface area contributed by atoms with E-state index in [1.54, 1.807) is 12.3 Å². The molecule has 0 amide bonds. The average Bonchev–Trinajstić information content (AvgIpc) is 2.39. The molecule has 0 bridgehead atoms. The van der Waals surface area contributed by atoms with Gasteiger partial charge in [-0.1, -0.05) is 19.1 Å². The van der Waals surface area contributed by atoms with E-state index in [4.69, 9.17) is 0 Å². The fourth-order valence-corrected chi connectivity index (χ4v) is 2.07. The highest BCUT2D eigenvalue weighted by Gasteiger charge is 2.05. The second-order valence-electron chi connectivity index (χ2n) is 3.21. The zero-order chi connectivity index (χ0) is 11.4. The monoisotopic (exact) mass is 232 g/mol. The number of aromatic nitrogens is 2. The summed E-state index contributed by atoms with van der Waals surface area (Å²) in [7, 11) is -1.01. The Morgan fingerprint density at radius 1 is 1.12 bits per heavy atom. The molecule has 3 nitrogen and oxygen atoms in total. The van der Waals surface area contributed by atoms with Crippen molar-refractivity contribution in [2.45, 2.75) is 11.9 Å². The molecule has 1 unspecified atom stereocenters. The van der Waals surface area contributed by atoms with Gasteiger partial charge in [0, 0.05) is 11.9 Å². The van der Waals surface area contributed by atoms with Crippen LogP contribution in [0.15, 0.2) is 47.6 Å². The lowest BCUT2D eigenvalue weighted by Gasteiger charge is -2.02. The van der Waals surface area contributed by atoms with Gasteiger partial charge in [-0.15, -0.1) is 0 Å². The lowest BCUT2D eigenvalue weighted by Crippen LogP contribution is -1.98. The summed E-state index contributed by atoms with van der Waals surface area (Å²) in [4.78, 5) is 8.56. The number of hydrogen-bond donors (Lipinski definition) is 0. The van der Waals surface area contributed by atoms with E-state index in [1.165, 1.54) is 0 Å². The molecular weight excluding hydrogens is 220 g/mol. The van der Waals surface area contributed by atoms with Crippen molar-refractivity contribution in [2.24, 2.45) is 0 Å². The molecule has 16 heavy (non-hydrogen) atoms. The number of hydrogen-bond acceptors (Lipinski definition) is 3. The Morgan fingerprint density at radius 2 is 1.94 bits per heavy atom. The summed E-state index contributed by atoms with van der Waals surface area (Å²) in [6, 6.07) is 11.2. The van der Waals surface area contributed by atoms with Gasteiger partial charge in [0.05, 0.1) is 22.2 Å². The first-order valence-electron chi connectivity index (χ1n) is 5.08. The maximum atomic E-state index is 11.6. The summed E-state index contributed by atoms with van der Waals surface area (Å²) in [5.74, 6) is 0.582. The summed E-state index contributed by atoms with van der Waals surface area (Å²) in [5, 5.41) is 0.616. The van der Waals surface area contributed by atoms with Crippen molar-refractivity contribution in [3.8, 4) is 11.4 Å². The van der Waals surface area contributed by atoms with Crippen molar-refractivity contribution in [3.63, 3.8) is 0 Å². The van der Waals surface area contributed by atoms with Gasteiger partial charge in [0.25, 0.3) is 0 Å². The van der Waals surface area contributed by atoms with Crippen molar-refractivity contribution < 1.29 is 4.21 Å². The van der Waals surface area contributed by atoms with Gasteiger partial charge < -0.3 is 0 Å². The molecule has 2 aromatic heterocycles. The van der Waals surface area contributed by atoms with E-state index in [2.05, 4.69) is 9.97 Å². The van der Waals surface area contributed by atoms with Crippen molar-refractivity contribution in [2.75, 3.05) is 5.75 Å². The van der Waals surface area contributed by atoms with Gasteiger partial charge in [-0.25, -0.2) is 4.98 Å². The molecule has 0 fully saturated rings. The highest BCUT2D eigenvalue weighted by Crippen LogP contribution is 2.15. The predicted octanol–water partition coefficient (Wildman–Crippen LogP) is 2.27. The van der Waals surface area contributed by atoms with Crippen LogP contribution < -0.4 is 0 Å². The third-order valence-electron chi connectivity index (χ3n) is 2.15. The average molecular weight is 232 g/mol. The minimum atomic E-state index is -1.01. The Bertz CT molecular complexity index is 499. The predicted molar refractivity (Wildman–Crippen MR) is 64.4 cm³/mol. The van der Waals surface area contributed by atoms with Crippen molar-refractivity contribution in [1.29, 1.82) is 0 Å². The van der Waals surface area contributed by atoms with E-state index in [9.17, 15) is 4.21 Å². The van der Waals surface area contributed by atoms with Crippen molar-refractivity contribution >= 4 is 10.8 Å². The molecule has 0 aliphatic rings. The second-order valence-corrected chi connectivity index (χ2v) is 4.90. The molecule has 1 atom stereocenters. The lowest BCUT2D eigenvalue weighted by atomic mass is 10.2. The standard InChI is InChI=1S/C12H12N2OS/c1-2-16(15)12-8-5-7-11(14-12)10-6-3-4-9-13-10/h3-9H,2H2,1H3. The maximum absolute atomic E-state index is 11.6. The smallest absolute Gasteiger partial charge is 0.128 e. The third kappa shape index (κ3) is 2.33. The molecule has 0 radical (unpaired) electrons. The van der Waals surface area contributed by atoms with Gasteiger partial charge >= 0.3 is 0 Å². The minimum Gasteiger partial charge on any atom is -0.255 e. The SMILES string of the molecule is CCS(=O)c1cccc(-c2ccccn2)n1. The van der Waals surface area contributed by atoms with Crippen LogP contribution in [0.2, 0.25) is 0 Å². The zero-order valence-corrected chi connectivity index (χ0v) is 9.78. The van der Waals surface area contributed by atoms with Gasteiger partial charge in [0.2, 0.25) is 0 Å². The molecule has 0 aromatic carbocycles. The Hall–Kier alpha value is -1.55. The van der Waals surface area contributed by atoms with Gasteiger partial charge in [-0.05, 0) is 24.3 Å². The lowest BCUT2D eigenvalue weighted by molar-refractivity contribution is 0.681. The molecule has 82 valence electrons. The summed E-state index contributed by atoms with van der Waals surface area (Å²) in [6.07, 6.45) is 1.72. The number of rotatable bonds is 3.